The van der Waals surface area contributed by atoms with Crippen molar-refractivity contribution in [3.05, 3.63) is 62.0 Å². The van der Waals surface area contributed by atoms with E-state index in [1.807, 2.05) is 32.9 Å². The molecule has 2 aromatic heterocycles. The van der Waals surface area contributed by atoms with Gasteiger partial charge in [0.1, 0.15) is 11.4 Å². The number of benzene rings is 1. The lowest BCUT2D eigenvalue weighted by Crippen LogP contribution is -2.33. The lowest BCUT2D eigenvalue weighted by molar-refractivity contribution is -0.122. The molecule has 1 aromatic carbocycles. The topological polar surface area (TPSA) is 64.0 Å². The zero-order chi connectivity index (χ0) is 18.1. The Hall–Kier alpha value is -2.18. The summed E-state index contributed by atoms with van der Waals surface area (Å²) in [6.07, 6.45) is 1.44. The van der Waals surface area contributed by atoms with Crippen LogP contribution in [0.5, 0.6) is 0 Å². The van der Waals surface area contributed by atoms with Gasteiger partial charge in [0.25, 0.3) is 5.56 Å². The van der Waals surface area contributed by atoms with Crippen LogP contribution < -0.4 is 10.9 Å². The first-order valence-electron chi connectivity index (χ1n) is 7.86. The fourth-order valence-corrected chi connectivity index (χ4v) is 3.77. The molecule has 7 heteroatoms. The van der Waals surface area contributed by atoms with E-state index in [-0.39, 0.29) is 24.1 Å². The zero-order valence-corrected chi connectivity index (χ0v) is 15.7. The minimum atomic E-state index is -0.240. The third-order valence-corrected chi connectivity index (χ3v) is 5.58. The number of rotatable bonds is 4. The van der Waals surface area contributed by atoms with Crippen molar-refractivity contribution < 1.29 is 4.79 Å². The molecule has 0 bridgehead atoms. The van der Waals surface area contributed by atoms with Crippen molar-refractivity contribution in [2.75, 3.05) is 0 Å². The predicted octanol–water partition coefficient (Wildman–Crippen LogP) is 3.61. The summed E-state index contributed by atoms with van der Waals surface area (Å²) in [5.74, 6) is -0.240. The molecule has 1 atom stereocenters. The molecule has 0 aliphatic rings. The van der Waals surface area contributed by atoms with Crippen LogP contribution in [0, 0.1) is 13.8 Å². The Bertz CT molecular complexity index is 992. The maximum Gasteiger partial charge on any atom is 0.262 e. The van der Waals surface area contributed by atoms with Gasteiger partial charge in [0, 0.05) is 9.90 Å². The van der Waals surface area contributed by atoms with Gasteiger partial charge in [-0.15, -0.1) is 11.3 Å². The second kappa shape index (κ2) is 6.98. The van der Waals surface area contributed by atoms with Gasteiger partial charge in [-0.25, -0.2) is 4.98 Å². The molecule has 1 N–H and O–H groups in total. The summed E-state index contributed by atoms with van der Waals surface area (Å²) < 4.78 is 1.35. The number of aromatic nitrogens is 2. The van der Waals surface area contributed by atoms with Crippen molar-refractivity contribution in [2.45, 2.75) is 33.4 Å². The third kappa shape index (κ3) is 3.60. The van der Waals surface area contributed by atoms with Crippen molar-refractivity contribution in [1.29, 1.82) is 0 Å². The highest BCUT2D eigenvalue weighted by atomic mass is 35.5. The van der Waals surface area contributed by atoms with Gasteiger partial charge in [-0.3, -0.25) is 14.2 Å². The minimum absolute atomic E-state index is 0.0615. The smallest absolute Gasteiger partial charge is 0.262 e. The van der Waals surface area contributed by atoms with Crippen LogP contribution in [-0.4, -0.2) is 15.5 Å². The van der Waals surface area contributed by atoms with E-state index in [2.05, 4.69) is 10.3 Å². The summed E-state index contributed by atoms with van der Waals surface area (Å²) in [5.41, 5.74) is 1.70. The summed E-state index contributed by atoms with van der Waals surface area (Å²) in [6, 6.07) is 7.12. The highest BCUT2D eigenvalue weighted by Gasteiger charge is 2.15. The van der Waals surface area contributed by atoms with E-state index in [1.54, 1.807) is 12.1 Å². The van der Waals surface area contributed by atoms with Crippen molar-refractivity contribution in [1.82, 2.24) is 14.9 Å². The first kappa shape index (κ1) is 17.6. The first-order chi connectivity index (χ1) is 11.9. The predicted molar refractivity (Wildman–Crippen MR) is 101 cm³/mol. The van der Waals surface area contributed by atoms with E-state index in [4.69, 9.17) is 11.6 Å². The lowest BCUT2D eigenvalue weighted by Gasteiger charge is -2.15. The highest BCUT2D eigenvalue weighted by molar-refractivity contribution is 7.18. The number of nitrogens with zero attached hydrogens (tertiary/aromatic N) is 2. The van der Waals surface area contributed by atoms with Gasteiger partial charge in [0.15, 0.2) is 0 Å². The number of aryl methyl sites for hydroxylation is 2. The molecular formula is C18H18ClN3O2S. The first-order valence-corrected chi connectivity index (χ1v) is 9.06. The average Bonchev–Trinajstić information content (AvgIpc) is 2.86. The van der Waals surface area contributed by atoms with E-state index in [0.717, 1.165) is 16.0 Å². The van der Waals surface area contributed by atoms with Crippen LogP contribution >= 0.6 is 22.9 Å². The van der Waals surface area contributed by atoms with Crippen molar-refractivity contribution in [2.24, 2.45) is 0 Å². The number of halogens is 1. The number of thiophene rings is 1. The number of amides is 1. The van der Waals surface area contributed by atoms with Crippen LogP contribution in [0.3, 0.4) is 0 Å². The molecule has 3 rings (SSSR count). The second-order valence-electron chi connectivity index (χ2n) is 5.98. The Balaban J connectivity index is 1.78. The lowest BCUT2D eigenvalue weighted by atomic mass is 10.1. The average molecular weight is 376 g/mol. The summed E-state index contributed by atoms with van der Waals surface area (Å²) in [7, 11) is 0. The number of nitrogens with one attached hydrogen (secondary N) is 1. The largest absolute Gasteiger partial charge is 0.348 e. The number of hydrogen-bond acceptors (Lipinski definition) is 4. The number of hydrogen-bond donors (Lipinski definition) is 1. The van der Waals surface area contributed by atoms with Gasteiger partial charge in [-0.05, 0) is 44.0 Å². The molecule has 0 radical (unpaired) electrons. The van der Waals surface area contributed by atoms with Gasteiger partial charge >= 0.3 is 0 Å². The fraction of sp³-hybridized carbons (Fsp3) is 0.278. The van der Waals surface area contributed by atoms with Crippen LogP contribution in [0.4, 0.5) is 0 Å². The zero-order valence-electron chi connectivity index (χ0n) is 14.2. The van der Waals surface area contributed by atoms with E-state index in [9.17, 15) is 9.59 Å². The molecule has 0 spiro atoms. The van der Waals surface area contributed by atoms with E-state index < -0.39 is 0 Å². The van der Waals surface area contributed by atoms with Gasteiger partial charge < -0.3 is 5.32 Å². The SMILES string of the molecule is Cc1sc2ncn(CC(=O)N[C@@H](C)c3ccc(Cl)cc3)c(=O)c2c1C. The maximum absolute atomic E-state index is 12.6. The summed E-state index contributed by atoms with van der Waals surface area (Å²) >= 11 is 7.37. The second-order valence-corrected chi connectivity index (χ2v) is 7.62. The van der Waals surface area contributed by atoms with Crippen LogP contribution in [0.1, 0.15) is 29.0 Å². The molecule has 0 saturated heterocycles. The number of fused-ring (bicyclic) bond motifs is 1. The Labute approximate surface area is 154 Å². The highest BCUT2D eigenvalue weighted by Crippen LogP contribution is 2.25. The molecule has 0 saturated carbocycles. The molecular weight excluding hydrogens is 358 g/mol. The molecule has 25 heavy (non-hydrogen) atoms. The quantitative estimate of drug-likeness (QED) is 0.757. The van der Waals surface area contributed by atoms with Crippen molar-refractivity contribution in [3.63, 3.8) is 0 Å². The molecule has 3 aromatic rings. The summed E-state index contributed by atoms with van der Waals surface area (Å²) in [4.78, 5) is 31.0. The molecule has 2 heterocycles. The molecule has 0 aliphatic carbocycles. The summed E-state index contributed by atoms with van der Waals surface area (Å²) in [5, 5.41) is 4.14. The maximum atomic E-state index is 12.6. The van der Waals surface area contributed by atoms with E-state index >= 15 is 0 Å². The monoisotopic (exact) mass is 375 g/mol. The van der Waals surface area contributed by atoms with Gasteiger partial charge in [0.2, 0.25) is 5.91 Å². The molecule has 0 unspecified atom stereocenters. The van der Waals surface area contributed by atoms with Crippen LogP contribution in [0.25, 0.3) is 10.2 Å². The van der Waals surface area contributed by atoms with E-state index in [0.29, 0.717) is 15.2 Å². The number of carbonyl (C=O) groups excluding carboxylic acids is 1. The van der Waals surface area contributed by atoms with Crippen LogP contribution in [0.15, 0.2) is 35.4 Å². The molecule has 1 amide bonds. The Kier molecular flexibility index (Phi) is 4.92. The molecule has 5 nitrogen and oxygen atoms in total. The van der Waals surface area contributed by atoms with Gasteiger partial charge in [-0.1, -0.05) is 23.7 Å². The standard InChI is InChI=1S/C18H18ClN3O2S/c1-10-12(3)25-17-16(10)18(24)22(9-20-17)8-15(23)21-11(2)13-4-6-14(19)7-5-13/h4-7,9,11H,8H2,1-3H3,(H,21,23)/t11-/m0/s1. The Morgan fingerprint density at radius 2 is 2.00 bits per heavy atom. The molecule has 0 aliphatic heterocycles. The van der Waals surface area contributed by atoms with Crippen molar-refractivity contribution in [3.8, 4) is 0 Å². The van der Waals surface area contributed by atoms with Crippen molar-refractivity contribution >= 4 is 39.1 Å². The summed E-state index contributed by atoms with van der Waals surface area (Å²) in [6.45, 7) is 5.70. The van der Waals surface area contributed by atoms with Crippen LogP contribution in [0.2, 0.25) is 5.02 Å². The third-order valence-electron chi connectivity index (χ3n) is 4.22. The molecule has 130 valence electrons. The fourth-order valence-electron chi connectivity index (χ4n) is 2.66. The Morgan fingerprint density at radius 3 is 2.68 bits per heavy atom. The van der Waals surface area contributed by atoms with E-state index in [1.165, 1.54) is 22.2 Å². The number of carbonyl (C=O) groups is 1. The van der Waals surface area contributed by atoms with Gasteiger partial charge in [-0.2, -0.15) is 0 Å². The normalized spacial score (nSPS) is 12.3. The molecule has 0 fully saturated rings. The minimum Gasteiger partial charge on any atom is -0.348 e. The van der Waals surface area contributed by atoms with Crippen LogP contribution in [-0.2, 0) is 11.3 Å². The van der Waals surface area contributed by atoms with Gasteiger partial charge in [0.05, 0.1) is 17.8 Å². The Morgan fingerprint density at radius 1 is 1.32 bits per heavy atom.